The van der Waals surface area contributed by atoms with Gasteiger partial charge in [-0.05, 0) is 92.5 Å². The highest BCUT2D eigenvalue weighted by Crippen LogP contribution is 2.33. The lowest BCUT2D eigenvalue weighted by molar-refractivity contribution is -0.0173. The maximum absolute atomic E-state index is 14.1. The molecule has 3 aromatic rings. The summed E-state index contributed by atoms with van der Waals surface area (Å²) in [6.07, 6.45) is 3.05. The summed E-state index contributed by atoms with van der Waals surface area (Å²) in [4.78, 5) is 42.0. The van der Waals surface area contributed by atoms with Crippen molar-refractivity contribution in [2.24, 2.45) is 0 Å². The summed E-state index contributed by atoms with van der Waals surface area (Å²) in [5.41, 5.74) is 0.460. The number of anilines is 2. The number of carbonyl (C=O) groups excluding carboxylic acids is 2. The molecule has 11 heteroatoms. The lowest BCUT2D eigenvalue weighted by Crippen LogP contribution is -2.50. The average molecular weight is 581 g/mol. The Morgan fingerprint density at radius 3 is 2.36 bits per heavy atom. The number of piperidine rings is 1. The van der Waals surface area contributed by atoms with Gasteiger partial charge in [0.15, 0.2) is 11.5 Å². The minimum atomic E-state index is -0.695. The van der Waals surface area contributed by atoms with Gasteiger partial charge in [0.2, 0.25) is 0 Å². The zero-order valence-corrected chi connectivity index (χ0v) is 26.3. The van der Waals surface area contributed by atoms with Gasteiger partial charge in [0.05, 0.1) is 18.4 Å². The fourth-order valence-corrected chi connectivity index (χ4v) is 4.95. The number of hydrogen-bond donors (Lipinski definition) is 0. The van der Waals surface area contributed by atoms with E-state index in [-0.39, 0.29) is 18.0 Å². The fraction of sp³-hybridized carbons (Fsp3) is 0.548. The Labute approximate surface area is 248 Å². The van der Waals surface area contributed by atoms with Crippen LogP contribution in [0.15, 0.2) is 36.5 Å². The van der Waals surface area contributed by atoms with E-state index >= 15 is 0 Å². The fourth-order valence-electron chi connectivity index (χ4n) is 4.95. The van der Waals surface area contributed by atoms with Crippen LogP contribution in [0.3, 0.4) is 0 Å². The smallest absolute Gasteiger partial charge is 0.410 e. The van der Waals surface area contributed by atoms with Crippen molar-refractivity contribution in [3.8, 4) is 5.75 Å². The largest absolute Gasteiger partial charge is 0.494 e. The molecule has 0 aliphatic carbocycles. The quantitative estimate of drug-likeness (QED) is 0.331. The van der Waals surface area contributed by atoms with Gasteiger partial charge in [-0.3, -0.25) is 9.63 Å². The van der Waals surface area contributed by atoms with E-state index in [4.69, 9.17) is 19.3 Å². The van der Waals surface area contributed by atoms with Crippen LogP contribution in [0.1, 0.15) is 77.2 Å². The minimum absolute atomic E-state index is 0.00511. The summed E-state index contributed by atoms with van der Waals surface area (Å²) < 4.78 is 12.8. The number of rotatable bonds is 7. The molecule has 1 aromatic carbocycles. The molecular weight excluding hydrogens is 536 g/mol. The summed E-state index contributed by atoms with van der Waals surface area (Å²) in [5.74, 6) is 1.47. The Bertz CT molecular complexity index is 1410. The van der Waals surface area contributed by atoms with Gasteiger partial charge in [-0.25, -0.2) is 9.78 Å². The first kappa shape index (κ1) is 31.1. The highest BCUT2D eigenvalue weighted by atomic mass is 16.7. The third kappa shape index (κ3) is 7.13. The van der Waals surface area contributed by atoms with Crippen molar-refractivity contribution in [3.05, 3.63) is 47.7 Å². The van der Waals surface area contributed by atoms with Crippen LogP contribution in [-0.4, -0.2) is 75.5 Å². The normalized spacial score (nSPS) is 15.9. The minimum Gasteiger partial charge on any atom is -0.494 e. The number of fused-ring (bicyclic) bond motifs is 1. The molecule has 1 aliphatic rings. The monoisotopic (exact) mass is 580 g/mol. The predicted molar refractivity (Wildman–Crippen MR) is 162 cm³/mol. The lowest BCUT2D eigenvalue weighted by atomic mass is 10.0. The van der Waals surface area contributed by atoms with E-state index in [9.17, 15) is 9.59 Å². The zero-order chi connectivity index (χ0) is 30.8. The molecular formula is C31H44N6O5. The molecule has 2 aromatic heterocycles. The van der Waals surface area contributed by atoms with Crippen molar-refractivity contribution in [3.63, 3.8) is 0 Å². The standard InChI is InChI=1S/C31H44N6O5/c1-10-40-24-15-13-22(14-16-24)28(38)37(42-31(6,7)8)27-21(2)26(33-25-17-18-32-36(25)27)34(9)23-12-11-19-35(20-23)29(39)41-30(3,4)5/h13-18,23H,10-12,19-20H2,1-9H3. The molecule has 0 N–H and O–H groups in total. The second-order valence-electron chi connectivity index (χ2n) is 12.6. The molecule has 1 aliphatic heterocycles. The zero-order valence-electron chi connectivity index (χ0n) is 26.3. The molecule has 4 rings (SSSR count). The molecule has 3 heterocycles. The highest BCUT2D eigenvalue weighted by molar-refractivity contribution is 6.05. The first-order valence-electron chi connectivity index (χ1n) is 14.5. The first-order chi connectivity index (χ1) is 19.7. The van der Waals surface area contributed by atoms with Crippen LogP contribution in [0.5, 0.6) is 5.75 Å². The first-order valence-corrected chi connectivity index (χ1v) is 14.5. The summed E-state index contributed by atoms with van der Waals surface area (Å²) in [5, 5.41) is 5.82. The summed E-state index contributed by atoms with van der Waals surface area (Å²) in [6.45, 7) is 16.8. The Hall–Kier alpha value is -3.86. The lowest BCUT2D eigenvalue weighted by Gasteiger charge is -2.39. The molecule has 1 fully saturated rings. The SMILES string of the molecule is CCOc1ccc(C(=O)N(OC(C)(C)C)c2c(C)c(N(C)C3CCCN(C(=O)OC(C)(C)C)C3)nc3ccnn23)cc1. The molecule has 228 valence electrons. The van der Waals surface area contributed by atoms with Crippen LogP contribution in [0, 0.1) is 6.92 Å². The summed E-state index contributed by atoms with van der Waals surface area (Å²) in [6, 6.07) is 8.79. The second-order valence-corrected chi connectivity index (χ2v) is 12.6. The number of aromatic nitrogens is 3. The molecule has 2 amide bonds. The van der Waals surface area contributed by atoms with Gasteiger partial charge in [-0.1, -0.05) is 0 Å². The molecule has 0 radical (unpaired) electrons. The number of carbonyl (C=O) groups is 2. The van der Waals surface area contributed by atoms with Gasteiger partial charge in [0.25, 0.3) is 5.91 Å². The predicted octanol–water partition coefficient (Wildman–Crippen LogP) is 5.65. The van der Waals surface area contributed by atoms with E-state index in [0.717, 1.165) is 12.8 Å². The van der Waals surface area contributed by atoms with Crippen molar-refractivity contribution in [2.45, 2.75) is 85.5 Å². The van der Waals surface area contributed by atoms with Crippen LogP contribution < -0.4 is 14.7 Å². The van der Waals surface area contributed by atoms with E-state index < -0.39 is 11.2 Å². The van der Waals surface area contributed by atoms with Crippen LogP contribution in [-0.2, 0) is 9.57 Å². The molecule has 1 atom stereocenters. The molecule has 0 spiro atoms. The van der Waals surface area contributed by atoms with Gasteiger partial charge in [-0.2, -0.15) is 14.7 Å². The van der Waals surface area contributed by atoms with E-state index in [1.165, 1.54) is 5.06 Å². The van der Waals surface area contributed by atoms with Gasteiger partial charge in [0.1, 0.15) is 17.2 Å². The van der Waals surface area contributed by atoms with Crippen molar-refractivity contribution in [1.82, 2.24) is 19.5 Å². The van der Waals surface area contributed by atoms with Gasteiger partial charge < -0.3 is 19.3 Å². The number of hydroxylamine groups is 1. The van der Waals surface area contributed by atoms with Gasteiger partial charge in [-0.15, -0.1) is 0 Å². The van der Waals surface area contributed by atoms with Crippen LogP contribution in [0.2, 0.25) is 0 Å². The third-order valence-corrected chi connectivity index (χ3v) is 6.80. The number of likely N-dealkylation sites (tertiary alicyclic amines) is 1. The van der Waals surface area contributed by atoms with Crippen molar-refractivity contribution >= 4 is 29.3 Å². The number of hydrogen-bond acceptors (Lipinski definition) is 8. The topological polar surface area (TPSA) is 102 Å². The van der Waals surface area contributed by atoms with E-state index in [1.807, 2.05) is 62.4 Å². The van der Waals surface area contributed by atoms with Crippen molar-refractivity contribution in [1.29, 1.82) is 0 Å². The molecule has 42 heavy (non-hydrogen) atoms. The van der Waals surface area contributed by atoms with E-state index in [1.54, 1.807) is 45.9 Å². The number of benzene rings is 1. The Morgan fingerprint density at radius 2 is 1.74 bits per heavy atom. The Balaban J connectivity index is 1.73. The number of likely N-dealkylation sites (N-methyl/N-ethyl adjacent to an activating group) is 1. The maximum atomic E-state index is 14.1. The maximum Gasteiger partial charge on any atom is 0.410 e. The number of amides is 2. The number of nitrogens with zero attached hydrogens (tertiary/aromatic N) is 6. The third-order valence-electron chi connectivity index (χ3n) is 6.80. The Kier molecular flexibility index (Phi) is 9.01. The summed E-state index contributed by atoms with van der Waals surface area (Å²) >= 11 is 0. The van der Waals surface area contributed by atoms with Crippen molar-refractivity contribution in [2.75, 3.05) is 36.7 Å². The molecule has 11 nitrogen and oxygen atoms in total. The van der Waals surface area contributed by atoms with Gasteiger partial charge >= 0.3 is 6.09 Å². The average Bonchev–Trinajstić information content (AvgIpc) is 3.38. The van der Waals surface area contributed by atoms with Crippen molar-refractivity contribution < 1.29 is 23.9 Å². The molecule has 1 saturated heterocycles. The Morgan fingerprint density at radius 1 is 1.05 bits per heavy atom. The molecule has 0 saturated carbocycles. The second kappa shape index (κ2) is 12.2. The van der Waals surface area contributed by atoms with E-state index in [2.05, 4.69) is 10.00 Å². The number of ether oxygens (including phenoxy) is 2. The highest BCUT2D eigenvalue weighted by Gasteiger charge is 2.34. The molecule has 0 bridgehead atoms. The van der Waals surface area contributed by atoms with Crippen LogP contribution in [0.4, 0.5) is 16.4 Å². The van der Waals surface area contributed by atoms with Crippen LogP contribution >= 0.6 is 0 Å². The van der Waals surface area contributed by atoms with E-state index in [0.29, 0.717) is 53.9 Å². The van der Waals surface area contributed by atoms with Gasteiger partial charge in [0, 0.05) is 43.4 Å². The summed E-state index contributed by atoms with van der Waals surface area (Å²) in [7, 11) is 1.97. The molecule has 1 unspecified atom stereocenters. The van der Waals surface area contributed by atoms with Crippen LogP contribution in [0.25, 0.3) is 5.65 Å².